The van der Waals surface area contributed by atoms with E-state index < -0.39 is 0 Å². The van der Waals surface area contributed by atoms with Crippen molar-refractivity contribution in [2.45, 2.75) is 47.5 Å². The minimum Gasteiger partial charge on any atom is -0.351 e. The molecule has 0 spiro atoms. The van der Waals surface area contributed by atoms with Crippen LogP contribution in [0.15, 0.2) is 30.5 Å². The van der Waals surface area contributed by atoms with E-state index in [1.54, 1.807) is 0 Å². The highest BCUT2D eigenvalue weighted by molar-refractivity contribution is 5.95. The number of pyridine rings is 1. The van der Waals surface area contributed by atoms with Gasteiger partial charge in [-0.05, 0) is 63.8 Å². The Bertz CT molecular complexity index is 1060. The first kappa shape index (κ1) is 20.6. The molecule has 29 heavy (non-hydrogen) atoms. The number of fused-ring (bicyclic) bond motifs is 1. The Morgan fingerprint density at radius 1 is 1.03 bits per heavy atom. The topological polar surface area (TPSA) is 75.5 Å². The lowest BCUT2D eigenvalue weighted by molar-refractivity contribution is -0.116. The van der Waals surface area contributed by atoms with Gasteiger partial charge in [-0.15, -0.1) is 0 Å². The highest BCUT2D eigenvalue weighted by atomic mass is 16.2. The van der Waals surface area contributed by atoms with Gasteiger partial charge in [-0.25, -0.2) is 4.98 Å². The highest BCUT2D eigenvalue weighted by Crippen LogP contribution is 2.22. The molecule has 0 radical (unpaired) electrons. The van der Waals surface area contributed by atoms with Crippen molar-refractivity contribution in [1.82, 2.24) is 14.7 Å². The molecule has 0 saturated carbocycles. The number of hydrogen-bond donors (Lipinski definition) is 2. The molecule has 0 saturated heterocycles. The second-order valence-corrected chi connectivity index (χ2v) is 7.61. The minimum absolute atomic E-state index is 0.0455. The molecule has 152 valence electrons. The Labute approximate surface area is 171 Å². The third kappa shape index (κ3) is 4.47. The number of hydrogen-bond acceptors (Lipinski definition) is 3. The number of benzene rings is 1. The van der Waals surface area contributed by atoms with Gasteiger partial charge in [0, 0.05) is 24.8 Å². The van der Waals surface area contributed by atoms with E-state index in [1.165, 1.54) is 5.56 Å². The molecule has 6 nitrogen and oxygen atoms in total. The Kier molecular flexibility index (Phi) is 6.01. The average molecular weight is 393 g/mol. The van der Waals surface area contributed by atoms with Crippen molar-refractivity contribution in [3.63, 3.8) is 0 Å². The second-order valence-electron chi connectivity index (χ2n) is 7.61. The van der Waals surface area contributed by atoms with Crippen molar-refractivity contribution in [3.8, 4) is 0 Å². The summed E-state index contributed by atoms with van der Waals surface area (Å²) in [4.78, 5) is 29.4. The van der Waals surface area contributed by atoms with Crippen molar-refractivity contribution < 1.29 is 9.59 Å². The number of imidazole rings is 1. The Hall–Kier alpha value is -3.15. The quantitative estimate of drug-likeness (QED) is 0.622. The molecule has 0 unspecified atom stereocenters. The molecule has 0 bridgehead atoms. The lowest BCUT2D eigenvalue weighted by Gasteiger charge is -2.13. The van der Waals surface area contributed by atoms with Gasteiger partial charge < -0.3 is 10.6 Å². The molecule has 2 aromatic heterocycles. The van der Waals surface area contributed by atoms with E-state index in [-0.39, 0.29) is 11.8 Å². The summed E-state index contributed by atoms with van der Waals surface area (Å²) in [7, 11) is 0. The molecule has 3 rings (SSSR count). The van der Waals surface area contributed by atoms with Crippen LogP contribution in [0.2, 0.25) is 0 Å². The number of anilines is 1. The van der Waals surface area contributed by atoms with Crippen LogP contribution in [0.5, 0.6) is 0 Å². The van der Waals surface area contributed by atoms with Crippen LogP contribution in [0.25, 0.3) is 5.65 Å². The number of nitrogens with zero attached hydrogens (tertiary/aromatic N) is 2. The zero-order valence-electron chi connectivity index (χ0n) is 17.7. The van der Waals surface area contributed by atoms with Crippen molar-refractivity contribution >= 4 is 23.1 Å². The van der Waals surface area contributed by atoms with Gasteiger partial charge in [0.2, 0.25) is 5.91 Å². The van der Waals surface area contributed by atoms with E-state index in [0.717, 1.165) is 28.0 Å². The summed E-state index contributed by atoms with van der Waals surface area (Å²) in [5, 5.41) is 5.90. The molecular formula is C23H28N4O2. The molecule has 6 heteroatoms. The fourth-order valence-corrected chi connectivity index (χ4v) is 3.70. The van der Waals surface area contributed by atoms with Crippen LogP contribution < -0.4 is 10.6 Å². The zero-order valence-corrected chi connectivity index (χ0v) is 17.7. The monoisotopic (exact) mass is 392 g/mol. The molecule has 0 aliphatic carbocycles. The number of aryl methyl sites for hydroxylation is 5. The molecule has 2 amide bonds. The maximum Gasteiger partial charge on any atom is 0.270 e. The molecule has 0 atom stereocenters. The van der Waals surface area contributed by atoms with Gasteiger partial charge >= 0.3 is 0 Å². The van der Waals surface area contributed by atoms with E-state index in [4.69, 9.17) is 0 Å². The van der Waals surface area contributed by atoms with Gasteiger partial charge in [0.05, 0.1) is 5.69 Å². The molecule has 2 N–H and O–H groups in total. The Morgan fingerprint density at radius 2 is 1.72 bits per heavy atom. The van der Waals surface area contributed by atoms with Gasteiger partial charge in [0.25, 0.3) is 5.91 Å². The van der Waals surface area contributed by atoms with Crippen molar-refractivity contribution in [2.24, 2.45) is 0 Å². The third-order valence-electron chi connectivity index (χ3n) is 5.04. The molecule has 2 heterocycles. The Balaban J connectivity index is 1.55. The van der Waals surface area contributed by atoms with E-state index in [1.807, 2.05) is 57.3 Å². The molecule has 0 aliphatic heterocycles. The summed E-state index contributed by atoms with van der Waals surface area (Å²) < 4.78 is 1.82. The number of carbonyl (C=O) groups excluding carboxylic acids is 2. The fourth-order valence-electron chi connectivity index (χ4n) is 3.70. The van der Waals surface area contributed by atoms with Crippen molar-refractivity contribution in [3.05, 3.63) is 64.1 Å². The lowest BCUT2D eigenvalue weighted by Crippen LogP contribution is -2.27. The maximum atomic E-state index is 12.6. The summed E-state index contributed by atoms with van der Waals surface area (Å²) in [6.07, 6.45) is 2.76. The smallest absolute Gasteiger partial charge is 0.270 e. The Morgan fingerprint density at radius 3 is 2.41 bits per heavy atom. The number of carbonyl (C=O) groups is 2. The van der Waals surface area contributed by atoms with E-state index in [9.17, 15) is 9.59 Å². The first-order valence-electron chi connectivity index (χ1n) is 9.88. The third-order valence-corrected chi connectivity index (χ3v) is 5.04. The van der Waals surface area contributed by atoms with Crippen LogP contribution >= 0.6 is 0 Å². The molecule has 0 aliphatic rings. The van der Waals surface area contributed by atoms with Crippen molar-refractivity contribution in [2.75, 3.05) is 11.9 Å². The first-order valence-corrected chi connectivity index (χ1v) is 9.88. The van der Waals surface area contributed by atoms with Gasteiger partial charge in [-0.2, -0.15) is 0 Å². The van der Waals surface area contributed by atoms with Crippen LogP contribution in [-0.2, 0) is 4.79 Å². The van der Waals surface area contributed by atoms with Gasteiger partial charge in [0.15, 0.2) is 0 Å². The first-order chi connectivity index (χ1) is 13.8. The summed E-state index contributed by atoms with van der Waals surface area (Å²) in [5.74, 6) is -0.220. The van der Waals surface area contributed by atoms with Gasteiger partial charge in [-0.3, -0.25) is 14.0 Å². The number of rotatable bonds is 6. The largest absolute Gasteiger partial charge is 0.351 e. The highest BCUT2D eigenvalue weighted by Gasteiger charge is 2.17. The summed E-state index contributed by atoms with van der Waals surface area (Å²) in [6.45, 7) is 10.3. The molecule has 3 aromatic rings. The van der Waals surface area contributed by atoms with Gasteiger partial charge in [0.1, 0.15) is 11.3 Å². The van der Waals surface area contributed by atoms with Crippen LogP contribution in [0.1, 0.15) is 51.3 Å². The predicted molar refractivity (Wildman–Crippen MR) is 116 cm³/mol. The van der Waals surface area contributed by atoms with E-state index >= 15 is 0 Å². The van der Waals surface area contributed by atoms with Crippen LogP contribution in [0.3, 0.4) is 0 Å². The second kappa shape index (κ2) is 8.47. The summed E-state index contributed by atoms with van der Waals surface area (Å²) in [6, 6.07) is 7.99. The zero-order chi connectivity index (χ0) is 21.1. The SMILES string of the molecule is Cc1cc(C)c(NC(=O)CCCNC(=O)c2c(C)nc3c(C)cccn23)c(C)c1. The van der Waals surface area contributed by atoms with Crippen LogP contribution in [-0.4, -0.2) is 27.7 Å². The average Bonchev–Trinajstić information content (AvgIpc) is 2.99. The van der Waals surface area contributed by atoms with Gasteiger partial charge in [-0.1, -0.05) is 23.8 Å². The lowest BCUT2D eigenvalue weighted by atomic mass is 10.0. The predicted octanol–water partition coefficient (Wildman–Crippen LogP) is 4.03. The minimum atomic E-state index is -0.175. The summed E-state index contributed by atoms with van der Waals surface area (Å²) in [5.41, 5.74) is 7.22. The normalized spacial score (nSPS) is 10.9. The molecule has 1 aromatic carbocycles. The molecular weight excluding hydrogens is 364 g/mol. The van der Waals surface area contributed by atoms with Crippen LogP contribution in [0, 0.1) is 34.6 Å². The number of aromatic nitrogens is 2. The number of amides is 2. The maximum absolute atomic E-state index is 12.6. The standard InChI is InChI=1S/C23H28N4O2/c1-14-12-16(3)20(17(4)13-14)26-19(28)9-6-10-24-23(29)21-18(5)25-22-15(2)8-7-11-27(21)22/h7-8,11-13H,6,9-10H2,1-5H3,(H,24,29)(H,26,28). The van der Waals surface area contributed by atoms with Crippen LogP contribution in [0.4, 0.5) is 5.69 Å². The van der Waals surface area contributed by atoms with E-state index in [2.05, 4.69) is 27.8 Å². The molecule has 0 fully saturated rings. The summed E-state index contributed by atoms with van der Waals surface area (Å²) >= 11 is 0. The fraction of sp³-hybridized carbons (Fsp3) is 0.348. The number of nitrogens with one attached hydrogen (secondary N) is 2. The van der Waals surface area contributed by atoms with Crippen molar-refractivity contribution in [1.29, 1.82) is 0 Å². The van der Waals surface area contributed by atoms with E-state index in [0.29, 0.717) is 30.8 Å².